The topological polar surface area (TPSA) is 51.1 Å². The van der Waals surface area contributed by atoms with Crippen LogP contribution in [0.3, 0.4) is 0 Å². The highest BCUT2D eigenvalue weighted by Gasteiger charge is 2.10. The molecule has 2 aromatic heterocycles. The largest absolute Gasteiger partial charge is 0.494 e. The summed E-state index contributed by atoms with van der Waals surface area (Å²) in [7, 11) is 0. The fraction of sp³-hybridized carbons (Fsp3) is 0.438. The molecule has 0 spiro atoms. The van der Waals surface area contributed by atoms with Gasteiger partial charge in [-0.1, -0.05) is 0 Å². The monoisotopic (exact) mass is 286 g/mol. The van der Waals surface area contributed by atoms with Gasteiger partial charge in [-0.05, 0) is 33.8 Å². The van der Waals surface area contributed by atoms with E-state index in [0.29, 0.717) is 12.4 Å². The standard InChI is InChI=1S/C16H22N4O/c1-5-20(6-2)15-10-12(4)18-16(19-15)14-11-13(21-7-3)8-9-17-14/h8-11H,5-7H2,1-4H3. The molecule has 0 unspecified atom stereocenters. The van der Waals surface area contributed by atoms with Crippen LogP contribution in [0.4, 0.5) is 5.82 Å². The van der Waals surface area contributed by atoms with Crippen LogP contribution in [0.15, 0.2) is 24.4 Å². The fourth-order valence-corrected chi connectivity index (χ4v) is 2.17. The van der Waals surface area contributed by atoms with Gasteiger partial charge in [0.1, 0.15) is 17.3 Å². The molecule has 0 atom stereocenters. The van der Waals surface area contributed by atoms with Crippen molar-refractivity contribution in [3.8, 4) is 17.3 Å². The minimum atomic E-state index is 0.628. The Morgan fingerprint density at radius 3 is 2.52 bits per heavy atom. The van der Waals surface area contributed by atoms with E-state index in [0.717, 1.165) is 36.0 Å². The molecule has 0 aliphatic heterocycles. The highest BCUT2D eigenvalue weighted by molar-refractivity contribution is 5.55. The number of hydrogen-bond acceptors (Lipinski definition) is 5. The van der Waals surface area contributed by atoms with Crippen LogP contribution in [0, 0.1) is 6.92 Å². The Hall–Kier alpha value is -2.17. The van der Waals surface area contributed by atoms with E-state index in [9.17, 15) is 0 Å². The zero-order valence-corrected chi connectivity index (χ0v) is 13.1. The molecular weight excluding hydrogens is 264 g/mol. The lowest BCUT2D eigenvalue weighted by atomic mass is 10.3. The van der Waals surface area contributed by atoms with Gasteiger partial charge in [0.2, 0.25) is 0 Å². The summed E-state index contributed by atoms with van der Waals surface area (Å²) in [6.45, 7) is 10.6. The van der Waals surface area contributed by atoms with Crippen LogP contribution in [-0.4, -0.2) is 34.6 Å². The summed E-state index contributed by atoms with van der Waals surface area (Å²) in [5.41, 5.74) is 1.67. The van der Waals surface area contributed by atoms with Gasteiger partial charge in [-0.2, -0.15) is 0 Å². The SMILES string of the molecule is CCOc1ccnc(-c2nc(C)cc(N(CC)CC)n2)c1. The summed E-state index contributed by atoms with van der Waals surface area (Å²) in [6, 6.07) is 5.72. The van der Waals surface area contributed by atoms with Crippen LogP contribution in [0.25, 0.3) is 11.5 Å². The number of ether oxygens (including phenoxy) is 1. The van der Waals surface area contributed by atoms with E-state index in [1.807, 2.05) is 32.0 Å². The minimum absolute atomic E-state index is 0.628. The van der Waals surface area contributed by atoms with Gasteiger partial charge in [0.05, 0.1) is 6.61 Å². The number of rotatable bonds is 6. The van der Waals surface area contributed by atoms with E-state index in [4.69, 9.17) is 4.74 Å². The maximum absolute atomic E-state index is 5.51. The first kappa shape index (κ1) is 15.2. The average Bonchev–Trinajstić information content (AvgIpc) is 2.49. The summed E-state index contributed by atoms with van der Waals surface area (Å²) in [4.78, 5) is 15.7. The molecule has 2 aromatic rings. The molecule has 2 rings (SSSR count). The molecule has 0 radical (unpaired) electrons. The van der Waals surface area contributed by atoms with Crippen molar-refractivity contribution in [1.82, 2.24) is 15.0 Å². The molecule has 2 heterocycles. The number of hydrogen-bond donors (Lipinski definition) is 0. The van der Waals surface area contributed by atoms with Crippen molar-refractivity contribution in [1.29, 1.82) is 0 Å². The molecule has 112 valence electrons. The Balaban J connectivity index is 2.41. The van der Waals surface area contributed by atoms with Gasteiger partial charge in [0, 0.05) is 37.1 Å². The first-order chi connectivity index (χ1) is 10.2. The highest BCUT2D eigenvalue weighted by Crippen LogP contribution is 2.21. The number of nitrogens with zero attached hydrogens (tertiary/aromatic N) is 4. The van der Waals surface area contributed by atoms with Crippen molar-refractivity contribution < 1.29 is 4.74 Å². The third-order valence-electron chi connectivity index (χ3n) is 3.20. The van der Waals surface area contributed by atoms with Gasteiger partial charge >= 0.3 is 0 Å². The Morgan fingerprint density at radius 1 is 1.10 bits per heavy atom. The lowest BCUT2D eigenvalue weighted by molar-refractivity contribution is 0.340. The van der Waals surface area contributed by atoms with Crippen LogP contribution < -0.4 is 9.64 Å². The molecule has 0 amide bonds. The van der Waals surface area contributed by atoms with E-state index >= 15 is 0 Å². The molecule has 0 saturated carbocycles. The van der Waals surface area contributed by atoms with Crippen LogP contribution >= 0.6 is 0 Å². The van der Waals surface area contributed by atoms with Gasteiger partial charge in [-0.3, -0.25) is 4.98 Å². The summed E-state index contributed by atoms with van der Waals surface area (Å²) >= 11 is 0. The summed E-state index contributed by atoms with van der Waals surface area (Å²) < 4.78 is 5.51. The zero-order valence-electron chi connectivity index (χ0n) is 13.1. The van der Waals surface area contributed by atoms with E-state index in [1.54, 1.807) is 6.20 Å². The predicted molar refractivity (Wildman–Crippen MR) is 84.7 cm³/mol. The Morgan fingerprint density at radius 2 is 1.86 bits per heavy atom. The van der Waals surface area contributed by atoms with Crippen LogP contribution in [-0.2, 0) is 0 Å². The summed E-state index contributed by atoms with van der Waals surface area (Å²) in [6.07, 6.45) is 1.73. The van der Waals surface area contributed by atoms with Crippen LogP contribution in [0.1, 0.15) is 26.5 Å². The molecule has 21 heavy (non-hydrogen) atoms. The Bertz CT molecular complexity index is 597. The molecule has 0 saturated heterocycles. The van der Waals surface area contributed by atoms with Gasteiger partial charge in [-0.25, -0.2) is 9.97 Å². The predicted octanol–water partition coefficient (Wildman–Crippen LogP) is 3.09. The van der Waals surface area contributed by atoms with E-state index in [-0.39, 0.29) is 0 Å². The number of aryl methyl sites for hydroxylation is 1. The van der Waals surface area contributed by atoms with Crippen molar-refractivity contribution in [2.24, 2.45) is 0 Å². The smallest absolute Gasteiger partial charge is 0.180 e. The van der Waals surface area contributed by atoms with Gasteiger partial charge in [0.15, 0.2) is 5.82 Å². The van der Waals surface area contributed by atoms with Gasteiger partial charge < -0.3 is 9.64 Å². The maximum Gasteiger partial charge on any atom is 0.180 e. The van der Waals surface area contributed by atoms with Crippen molar-refractivity contribution in [3.05, 3.63) is 30.1 Å². The molecule has 5 heteroatoms. The normalized spacial score (nSPS) is 10.5. The first-order valence-corrected chi connectivity index (χ1v) is 7.37. The van der Waals surface area contributed by atoms with Crippen molar-refractivity contribution in [3.63, 3.8) is 0 Å². The van der Waals surface area contributed by atoms with E-state index < -0.39 is 0 Å². The quantitative estimate of drug-likeness (QED) is 0.816. The molecule has 0 aliphatic carbocycles. The minimum Gasteiger partial charge on any atom is -0.494 e. The lowest BCUT2D eigenvalue weighted by Crippen LogP contribution is -2.23. The molecular formula is C16H22N4O. The molecule has 0 bridgehead atoms. The zero-order chi connectivity index (χ0) is 15.2. The molecule has 0 N–H and O–H groups in total. The first-order valence-electron chi connectivity index (χ1n) is 7.37. The van der Waals surface area contributed by atoms with Crippen molar-refractivity contribution in [2.75, 3.05) is 24.6 Å². The summed E-state index contributed by atoms with van der Waals surface area (Å²) in [5.74, 6) is 2.36. The third-order valence-corrected chi connectivity index (χ3v) is 3.20. The van der Waals surface area contributed by atoms with Crippen LogP contribution in [0.2, 0.25) is 0 Å². The maximum atomic E-state index is 5.51. The van der Waals surface area contributed by atoms with Gasteiger partial charge in [0.25, 0.3) is 0 Å². The molecule has 5 nitrogen and oxygen atoms in total. The fourth-order valence-electron chi connectivity index (χ4n) is 2.17. The van der Waals surface area contributed by atoms with Gasteiger partial charge in [-0.15, -0.1) is 0 Å². The third kappa shape index (κ3) is 3.68. The Kier molecular flexibility index (Phi) is 5.09. The second-order valence-electron chi connectivity index (χ2n) is 4.67. The molecule has 0 aliphatic rings. The van der Waals surface area contributed by atoms with E-state index in [2.05, 4.69) is 33.7 Å². The van der Waals surface area contributed by atoms with Crippen molar-refractivity contribution >= 4 is 5.82 Å². The number of pyridine rings is 1. The molecule has 0 aromatic carbocycles. The average molecular weight is 286 g/mol. The second-order valence-corrected chi connectivity index (χ2v) is 4.67. The van der Waals surface area contributed by atoms with E-state index in [1.165, 1.54) is 0 Å². The van der Waals surface area contributed by atoms with Crippen LogP contribution in [0.5, 0.6) is 5.75 Å². The lowest BCUT2D eigenvalue weighted by Gasteiger charge is -2.20. The van der Waals surface area contributed by atoms with Crippen molar-refractivity contribution in [2.45, 2.75) is 27.7 Å². The highest BCUT2D eigenvalue weighted by atomic mass is 16.5. The number of anilines is 1. The number of aromatic nitrogens is 3. The second kappa shape index (κ2) is 7.02. The Labute approximate surface area is 126 Å². The summed E-state index contributed by atoms with van der Waals surface area (Å²) in [5, 5.41) is 0. The molecule has 0 fully saturated rings.